The van der Waals surface area contributed by atoms with Gasteiger partial charge in [0.25, 0.3) is 5.91 Å². The lowest BCUT2D eigenvalue weighted by molar-refractivity contribution is -0.114. The first-order chi connectivity index (χ1) is 11.2. The van der Waals surface area contributed by atoms with Gasteiger partial charge in [-0.15, -0.1) is 0 Å². The van der Waals surface area contributed by atoms with Crippen LogP contribution in [0.4, 0.5) is 11.4 Å². The van der Waals surface area contributed by atoms with Gasteiger partial charge in [-0.1, -0.05) is 6.07 Å². The summed E-state index contributed by atoms with van der Waals surface area (Å²) in [5.74, 6) is -0.245. The van der Waals surface area contributed by atoms with Crippen molar-refractivity contribution in [2.45, 2.75) is 12.8 Å². The van der Waals surface area contributed by atoms with Crippen LogP contribution >= 0.6 is 0 Å². The molecule has 0 bridgehead atoms. The smallest absolute Gasteiger partial charge is 0.251 e. The predicted molar refractivity (Wildman–Crippen MR) is 88.5 cm³/mol. The number of aryl methyl sites for hydroxylation is 1. The average Bonchev–Trinajstić information content (AvgIpc) is 2.58. The number of fused-ring (bicyclic) bond motifs is 1. The number of pyridine rings is 1. The number of rotatable bonds is 5. The van der Waals surface area contributed by atoms with Crippen LogP contribution in [0.1, 0.15) is 22.3 Å². The molecule has 0 fully saturated rings. The molecule has 2 heterocycles. The van der Waals surface area contributed by atoms with Gasteiger partial charge in [0.1, 0.15) is 0 Å². The topological polar surface area (TPSA) is 83.1 Å². The van der Waals surface area contributed by atoms with Crippen molar-refractivity contribution in [1.82, 2.24) is 10.3 Å². The Morgan fingerprint density at radius 2 is 2.17 bits per heavy atom. The van der Waals surface area contributed by atoms with Gasteiger partial charge in [-0.05, 0) is 42.7 Å². The summed E-state index contributed by atoms with van der Waals surface area (Å²) in [7, 11) is 0. The standard InChI is InChI=1S/C17H18N4O2/c22-16-11-20-14-6-5-13(9-15(14)21-16)17(23)19-8-2-4-12-3-1-7-18-10-12/h1,3,5-7,9-10,20H,2,4,8,11H2,(H,19,23)(H,21,22). The Kier molecular flexibility index (Phi) is 4.52. The summed E-state index contributed by atoms with van der Waals surface area (Å²) >= 11 is 0. The van der Waals surface area contributed by atoms with Crippen molar-refractivity contribution in [2.24, 2.45) is 0 Å². The first-order valence-electron chi connectivity index (χ1n) is 7.57. The van der Waals surface area contributed by atoms with Gasteiger partial charge in [-0.3, -0.25) is 14.6 Å². The number of carbonyl (C=O) groups is 2. The average molecular weight is 310 g/mol. The van der Waals surface area contributed by atoms with E-state index >= 15 is 0 Å². The summed E-state index contributed by atoms with van der Waals surface area (Å²) < 4.78 is 0. The number of benzene rings is 1. The highest BCUT2D eigenvalue weighted by Gasteiger charge is 2.15. The molecule has 3 rings (SSSR count). The van der Waals surface area contributed by atoms with Crippen LogP contribution in [0.2, 0.25) is 0 Å². The first-order valence-corrected chi connectivity index (χ1v) is 7.57. The Balaban J connectivity index is 1.52. The lowest BCUT2D eigenvalue weighted by Crippen LogP contribution is -2.28. The number of nitrogens with zero attached hydrogens (tertiary/aromatic N) is 1. The number of hydrogen-bond acceptors (Lipinski definition) is 4. The zero-order valence-electron chi connectivity index (χ0n) is 12.6. The quantitative estimate of drug-likeness (QED) is 0.736. The van der Waals surface area contributed by atoms with Gasteiger partial charge in [0.05, 0.1) is 17.9 Å². The third-order valence-corrected chi connectivity index (χ3v) is 3.65. The molecule has 0 aliphatic carbocycles. The van der Waals surface area contributed by atoms with E-state index in [0.29, 0.717) is 17.8 Å². The van der Waals surface area contributed by atoms with Crippen molar-refractivity contribution in [2.75, 3.05) is 23.7 Å². The fourth-order valence-corrected chi connectivity index (χ4v) is 2.46. The fourth-order valence-electron chi connectivity index (χ4n) is 2.46. The molecular formula is C17H18N4O2. The van der Waals surface area contributed by atoms with Crippen molar-refractivity contribution in [3.8, 4) is 0 Å². The molecule has 0 unspecified atom stereocenters. The highest BCUT2D eigenvalue weighted by Crippen LogP contribution is 2.25. The van der Waals surface area contributed by atoms with E-state index in [0.717, 1.165) is 24.1 Å². The number of nitrogens with one attached hydrogen (secondary N) is 3. The van der Waals surface area contributed by atoms with Gasteiger partial charge in [0.2, 0.25) is 5.91 Å². The zero-order valence-corrected chi connectivity index (χ0v) is 12.6. The molecule has 0 atom stereocenters. The van der Waals surface area contributed by atoms with Crippen molar-refractivity contribution in [3.05, 3.63) is 53.9 Å². The van der Waals surface area contributed by atoms with E-state index in [1.807, 2.05) is 18.3 Å². The summed E-state index contributed by atoms with van der Waals surface area (Å²) in [6.45, 7) is 0.850. The van der Waals surface area contributed by atoms with Crippen molar-refractivity contribution < 1.29 is 9.59 Å². The Bertz CT molecular complexity index is 716. The van der Waals surface area contributed by atoms with E-state index in [-0.39, 0.29) is 18.4 Å². The van der Waals surface area contributed by atoms with Crippen LogP contribution < -0.4 is 16.0 Å². The first kappa shape index (κ1) is 15.0. The number of aromatic nitrogens is 1. The third kappa shape index (κ3) is 3.85. The zero-order chi connectivity index (χ0) is 16.1. The molecule has 3 N–H and O–H groups in total. The van der Waals surface area contributed by atoms with Crippen molar-refractivity contribution in [1.29, 1.82) is 0 Å². The van der Waals surface area contributed by atoms with Crippen LogP contribution in [0.15, 0.2) is 42.7 Å². The Morgan fingerprint density at radius 3 is 3.00 bits per heavy atom. The third-order valence-electron chi connectivity index (χ3n) is 3.65. The van der Waals surface area contributed by atoms with Crippen LogP contribution in [0.5, 0.6) is 0 Å². The van der Waals surface area contributed by atoms with Gasteiger partial charge < -0.3 is 16.0 Å². The van der Waals surface area contributed by atoms with E-state index in [2.05, 4.69) is 20.9 Å². The van der Waals surface area contributed by atoms with E-state index in [1.54, 1.807) is 24.4 Å². The van der Waals surface area contributed by atoms with Gasteiger partial charge in [-0.2, -0.15) is 0 Å². The van der Waals surface area contributed by atoms with E-state index < -0.39 is 0 Å². The molecule has 0 saturated heterocycles. The van der Waals surface area contributed by atoms with Gasteiger partial charge in [-0.25, -0.2) is 0 Å². The Labute approximate surface area is 134 Å². The second-order valence-electron chi connectivity index (χ2n) is 5.38. The molecule has 0 spiro atoms. The largest absolute Gasteiger partial charge is 0.374 e. The maximum absolute atomic E-state index is 12.2. The maximum Gasteiger partial charge on any atom is 0.251 e. The number of anilines is 2. The summed E-state index contributed by atoms with van der Waals surface area (Å²) in [4.78, 5) is 27.6. The lowest BCUT2D eigenvalue weighted by Gasteiger charge is -2.19. The molecular weight excluding hydrogens is 292 g/mol. The van der Waals surface area contributed by atoms with E-state index in [4.69, 9.17) is 0 Å². The maximum atomic E-state index is 12.2. The minimum absolute atomic E-state index is 0.105. The number of carbonyl (C=O) groups excluding carboxylic acids is 2. The summed E-state index contributed by atoms with van der Waals surface area (Å²) in [5, 5.41) is 8.65. The minimum atomic E-state index is -0.140. The van der Waals surface area contributed by atoms with Crippen LogP contribution in [-0.2, 0) is 11.2 Å². The van der Waals surface area contributed by atoms with Gasteiger partial charge in [0, 0.05) is 24.5 Å². The molecule has 23 heavy (non-hydrogen) atoms. The summed E-state index contributed by atoms with van der Waals surface area (Å²) in [6.07, 6.45) is 5.30. The highest BCUT2D eigenvalue weighted by molar-refractivity contribution is 6.03. The summed E-state index contributed by atoms with van der Waals surface area (Å²) in [5.41, 5.74) is 3.17. The van der Waals surface area contributed by atoms with Gasteiger partial charge >= 0.3 is 0 Å². The van der Waals surface area contributed by atoms with Gasteiger partial charge in [0.15, 0.2) is 0 Å². The SMILES string of the molecule is O=C1CNc2ccc(C(=O)NCCCc3cccnc3)cc2N1. The molecule has 1 aromatic carbocycles. The van der Waals surface area contributed by atoms with E-state index in [1.165, 1.54) is 0 Å². The molecule has 118 valence electrons. The molecule has 1 aromatic heterocycles. The second-order valence-corrected chi connectivity index (χ2v) is 5.38. The van der Waals surface area contributed by atoms with Crippen LogP contribution in [0, 0.1) is 0 Å². The highest BCUT2D eigenvalue weighted by atomic mass is 16.2. The minimum Gasteiger partial charge on any atom is -0.374 e. The number of hydrogen-bond donors (Lipinski definition) is 3. The molecule has 0 saturated carbocycles. The van der Waals surface area contributed by atoms with Crippen LogP contribution in [0.25, 0.3) is 0 Å². The predicted octanol–water partition coefficient (Wildman–Crippen LogP) is 1.81. The molecule has 6 heteroatoms. The number of amides is 2. The second kappa shape index (κ2) is 6.91. The Morgan fingerprint density at radius 1 is 1.26 bits per heavy atom. The molecule has 2 amide bonds. The van der Waals surface area contributed by atoms with Crippen molar-refractivity contribution >= 4 is 23.2 Å². The molecule has 1 aliphatic rings. The monoisotopic (exact) mass is 310 g/mol. The van der Waals surface area contributed by atoms with Crippen molar-refractivity contribution in [3.63, 3.8) is 0 Å². The molecule has 6 nitrogen and oxygen atoms in total. The molecule has 0 radical (unpaired) electrons. The Hall–Kier alpha value is -2.89. The molecule has 2 aromatic rings. The normalized spacial score (nSPS) is 12.8. The molecule has 1 aliphatic heterocycles. The van der Waals surface area contributed by atoms with Crippen LogP contribution in [0.3, 0.4) is 0 Å². The van der Waals surface area contributed by atoms with Crippen LogP contribution in [-0.4, -0.2) is 29.9 Å². The lowest BCUT2D eigenvalue weighted by atomic mass is 10.1. The fraction of sp³-hybridized carbons (Fsp3) is 0.235. The summed E-state index contributed by atoms with van der Waals surface area (Å²) in [6, 6.07) is 9.17. The van der Waals surface area contributed by atoms with E-state index in [9.17, 15) is 9.59 Å².